The fourth-order valence-electron chi connectivity index (χ4n) is 3.07. The lowest BCUT2D eigenvalue weighted by molar-refractivity contribution is 0.125. The van der Waals surface area contributed by atoms with Crippen LogP contribution in [0.4, 0.5) is 4.39 Å². The molecule has 0 aliphatic rings. The molecule has 122 valence electrons. The first-order valence-corrected chi connectivity index (χ1v) is 16.1. The molecular weight excluding hydrogens is 307 g/mol. The largest absolute Gasteiger partial charge is 0.499 e. The van der Waals surface area contributed by atoms with Crippen molar-refractivity contribution in [1.29, 1.82) is 0 Å². The highest BCUT2D eigenvalue weighted by molar-refractivity contribution is 6.95. The van der Waals surface area contributed by atoms with Crippen LogP contribution in [0.2, 0.25) is 50.0 Å². The van der Waals surface area contributed by atoms with Crippen LogP contribution >= 0.6 is 0 Å². The fourth-order valence-corrected chi connectivity index (χ4v) is 21.0. The first-order chi connectivity index (χ1) is 9.16. The van der Waals surface area contributed by atoms with Crippen LogP contribution in [0, 0.1) is 0 Å². The molecule has 0 aromatic carbocycles. The van der Waals surface area contributed by atoms with Crippen molar-refractivity contribution in [2.75, 3.05) is 28.0 Å². The lowest BCUT2D eigenvalue weighted by atomic mass is 10.6. The predicted molar refractivity (Wildman–Crippen MR) is 91.6 cm³/mol. The van der Waals surface area contributed by atoms with E-state index in [1.807, 2.05) is 0 Å². The highest BCUT2D eigenvalue weighted by Crippen LogP contribution is 2.30. The summed E-state index contributed by atoms with van der Waals surface area (Å²) in [6.45, 7) is 9.47. The Balaban J connectivity index is 4.51. The summed E-state index contributed by atoms with van der Waals surface area (Å²) in [5, 5.41) is 0. The molecule has 0 atom stereocenters. The van der Waals surface area contributed by atoms with Crippen molar-refractivity contribution in [2.45, 2.75) is 56.4 Å². The highest BCUT2D eigenvalue weighted by Gasteiger charge is 2.41. The third-order valence-corrected chi connectivity index (χ3v) is 18.2. The maximum absolute atomic E-state index is 12.4. The van der Waals surface area contributed by atoms with Crippen molar-refractivity contribution in [3.8, 4) is 0 Å². The van der Waals surface area contributed by atoms with Gasteiger partial charge in [0.15, 0.2) is 0 Å². The maximum atomic E-state index is 12.4. The molecule has 7 heteroatoms. The van der Waals surface area contributed by atoms with Gasteiger partial charge in [-0.15, -0.1) is 0 Å². The lowest BCUT2D eigenvalue weighted by Gasteiger charge is -2.34. The van der Waals surface area contributed by atoms with E-state index in [2.05, 4.69) is 26.2 Å². The van der Waals surface area contributed by atoms with Crippen LogP contribution in [-0.4, -0.2) is 53.0 Å². The molecule has 0 rings (SSSR count). The van der Waals surface area contributed by atoms with Gasteiger partial charge in [-0.05, 0) is 6.42 Å². The van der Waals surface area contributed by atoms with Gasteiger partial charge < -0.3 is 13.3 Å². The van der Waals surface area contributed by atoms with E-state index in [0.29, 0.717) is 0 Å². The first-order valence-electron chi connectivity index (χ1n) is 7.37. The Bertz CT molecular complexity index is 263. The Hall–Kier alpha value is 0.461. The minimum absolute atomic E-state index is 0.175. The second-order valence-corrected chi connectivity index (χ2v) is 21.3. The standard InChI is InChI=1S/C13H33FO3Si3/c1-15-20(16-2,17-3)12-11-19(6,7)13-18(4,5)10-8-9-14/h8-13H2,1-7H3. The Morgan fingerprint density at radius 2 is 1.20 bits per heavy atom. The molecule has 0 aliphatic carbocycles. The van der Waals surface area contributed by atoms with Gasteiger partial charge in [0, 0.05) is 43.5 Å². The highest BCUT2D eigenvalue weighted by atomic mass is 28.4. The van der Waals surface area contributed by atoms with Crippen molar-refractivity contribution in [3.05, 3.63) is 0 Å². The SMILES string of the molecule is CO[Si](CC[Si](C)(C)C[Si](C)(C)CCCF)(OC)OC. The molecule has 0 unspecified atom stereocenters. The molecule has 0 fully saturated rings. The summed E-state index contributed by atoms with van der Waals surface area (Å²) in [5.41, 5.74) is 1.33. The third kappa shape index (κ3) is 7.46. The molecule has 0 saturated carbocycles. The van der Waals surface area contributed by atoms with Gasteiger partial charge in [0.25, 0.3) is 0 Å². The quantitative estimate of drug-likeness (QED) is 0.528. The number of hydrogen-bond acceptors (Lipinski definition) is 3. The van der Waals surface area contributed by atoms with Gasteiger partial charge in [-0.3, -0.25) is 4.39 Å². The Morgan fingerprint density at radius 1 is 0.750 bits per heavy atom. The van der Waals surface area contributed by atoms with E-state index >= 15 is 0 Å². The van der Waals surface area contributed by atoms with E-state index in [4.69, 9.17) is 13.3 Å². The van der Waals surface area contributed by atoms with Crippen molar-refractivity contribution >= 4 is 25.0 Å². The molecule has 20 heavy (non-hydrogen) atoms. The molecule has 0 aromatic rings. The van der Waals surface area contributed by atoms with Crippen LogP contribution < -0.4 is 0 Å². The van der Waals surface area contributed by atoms with Crippen LogP contribution in [0.3, 0.4) is 0 Å². The van der Waals surface area contributed by atoms with Crippen molar-refractivity contribution in [1.82, 2.24) is 0 Å². The molecule has 0 saturated heterocycles. The summed E-state index contributed by atoms with van der Waals surface area (Å²) in [4.78, 5) is 0. The number of alkyl halides is 1. The van der Waals surface area contributed by atoms with Gasteiger partial charge in [-0.2, -0.15) is 0 Å². The van der Waals surface area contributed by atoms with Gasteiger partial charge >= 0.3 is 8.80 Å². The molecule has 0 aromatic heterocycles. The molecule has 0 N–H and O–H groups in total. The number of halogens is 1. The second kappa shape index (κ2) is 8.79. The molecule has 0 heterocycles. The van der Waals surface area contributed by atoms with E-state index in [1.165, 1.54) is 5.67 Å². The molecule has 0 amide bonds. The van der Waals surface area contributed by atoms with Crippen LogP contribution in [0.15, 0.2) is 0 Å². The molecular formula is C13H33FO3Si3. The van der Waals surface area contributed by atoms with Crippen LogP contribution in [0.5, 0.6) is 0 Å². The van der Waals surface area contributed by atoms with Crippen LogP contribution in [0.1, 0.15) is 6.42 Å². The Kier molecular flexibility index (Phi) is 9.00. The molecule has 0 radical (unpaired) electrons. The second-order valence-electron chi connectivity index (χ2n) is 7.09. The summed E-state index contributed by atoms with van der Waals surface area (Å²) in [6, 6.07) is 3.14. The van der Waals surface area contributed by atoms with Crippen molar-refractivity contribution < 1.29 is 17.7 Å². The smallest absolute Gasteiger partial charge is 0.377 e. The average Bonchev–Trinajstić information content (AvgIpc) is 2.37. The topological polar surface area (TPSA) is 27.7 Å². The minimum atomic E-state index is -2.44. The third-order valence-electron chi connectivity index (χ3n) is 3.99. The van der Waals surface area contributed by atoms with Crippen LogP contribution in [0.25, 0.3) is 0 Å². The summed E-state index contributed by atoms with van der Waals surface area (Å²) in [6.07, 6.45) is 0.733. The summed E-state index contributed by atoms with van der Waals surface area (Å²) in [5.74, 6) is 0. The monoisotopic (exact) mass is 340 g/mol. The number of rotatable bonds is 11. The van der Waals surface area contributed by atoms with Crippen molar-refractivity contribution in [2.24, 2.45) is 0 Å². The first kappa shape index (κ1) is 20.5. The van der Waals surface area contributed by atoms with Gasteiger partial charge in [0.05, 0.1) is 6.67 Å². The summed E-state index contributed by atoms with van der Waals surface area (Å²) in [7, 11) is -0.0000586. The van der Waals surface area contributed by atoms with E-state index < -0.39 is 25.0 Å². The molecule has 3 nitrogen and oxygen atoms in total. The molecule has 0 aliphatic heterocycles. The normalized spacial score (nSPS) is 13.8. The van der Waals surface area contributed by atoms with Gasteiger partial charge in [-0.1, -0.05) is 43.9 Å². The molecule has 0 spiro atoms. The van der Waals surface area contributed by atoms with Gasteiger partial charge in [0.1, 0.15) is 0 Å². The maximum Gasteiger partial charge on any atom is 0.499 e. The molecule has 0 bridgehead atoms. The zero-order valence-corrected chi connectivity index (χ0v) is 17.3. The predicted octanol–water partition coefficient (Wildman–Crippen LogP) is 4.18. The van der Waals surface area contributed by atoms with Crippen molar-refractivity contribution in [3.63, 3.8) is 0 Å². The van der Waals surface area contributed by atoms with Gasteiger partial charge in [-0.25, -0.2) is 0 Å². The number of hydrogen-bond donors (Lipinski definition) is 0. The Morgan fingerprint density at radius 3 is 1.60 bits per heavy atom. The van der Waals surface area contributed by atoms with E-state index in [1.54, 1.807) is 21.3 Å². The van der Waals surface area contributed by atoms with E-state index in [0.717, 1.165) is 24.6 Å². The minimum Gasteiger partial charge on any atom is -0.377 e. The zero-order valence-electron chi connectivity index (χ0n) is 14.3. The fraction of sp³-hybridized carbons (Fsp3) is 1.00. The van der Waals surface area contributed by atoms with E-state index in [-0.39, 0.29) is 6.67 Å². The lowest BCUT2D eigenvalue weighted by Crippen LogP contribution is -2.46. The average molecular weight is 341 g/mol. The summed E-state index contributed by atoms with van der Waals surface area (Å²) >= 11 is 0. The van der Waals surface area contributed by atoms with E-state index in [9.17, 15) is 4.39 Å². The Labute approximate surface area is 127 Å². The summed E-state index contributed by atoms with van der Waals surface area (Å²) < 4.78 is 28.9. The zero-order chi connectivity index (χ0) is 15.9. The van der Waals surface area contributed by atoms with Crippen LogP contribution in [-0.2, 0) is 13.3 Å². The van der Waals surface area contributed by atoms with Gasteiger partial charge in [0.2, 0.25) is 0 Å².